The zero-order chi connectivity index (χ0) is 12.7. The number of nitrogens with zero attached hydrogens (tertiary/aromatic N) is 2. The topological polar surface area (TPSA) is 104 Å². The van der Waals surface area contributed by atoms with Crippen LogP contribution in [0.15, 0.2) is 9.69 Å². The first-order valence-electron chi connectivity index (χ1n) is 5.74. The van der Waals surface area contributed by atoms with Crippen molar-refractivity contribution in [3.05, 3.63) is 10.4 Å². The van der Waals surface area contributed by atoms with Crippen LogP contribution in [0.25, 0.3) is 0 Å². The molecule has 18 heavy (non-hydrogen) atoms. The van der Waals surface area contributed by atoms with Gasteiger partial charge in [0.25, 0.3) is 5.56 Å². The molecule has 98 valence electrons. The van der Waals surface area contributed by atoms with Crippen LogP contribution < -0.4 is 16.2 Å². The van der Waals surface area contributed by atoms with Crippen molar-refractivity contribution in [1.29, 1.82) is 0 Å². The molecule has 2 aliphatic heterocycles. The summed E-state index contributed by atoms with van der Waals surface area (Å²) in [6.07, 6.45) is 1.38. The van der Waals surface area contributed by atoms with E-state index in [0.717, 1.165) is 12.8 Å². The summed E-state index contributed by atoms with van der Waals surface area (Å²) in [6.45, 7) is 0.0231. The van der Waals surface area contributed by atoms with Gasteiger partial charge >= 0.3 is 0 Å². The predicted molar refractivity (Wildman–Crippen MR) is 67.5 cm³/mol. The smallest absolute Gasteiger partial charge is 0.268 e. The Balaban J connectivity index is 1.89. The van der Waals surface area contributed by atoms with Gasteiger partial charge in [-0.05, 0) is 12.8 Å². The second-order valence-corrected chi connectivity index (χ2v) is 5.27. The molecule has 0 spiro atoms. The summed E-state index contributed by atoms with van der Waals surface area (Å²) in [5.41, 5.74) is 5.36. The molecular formula is C10H14N4O3S. The Hall–Kier alpha value is -1.25. The summed E-state index contributed by atoms with van der Waals surface area (Å²) >= 11 is 1.43. The molecule has 1 saturated heterocycles. The Morgan fingerprint density at radius 3 is 3.17 bits per heavy atom. The molecule has 1 aromatic heterocycles. The second-order valence-electron chi connectivity index (χ2n) is 4.32. The average molecular weight is 270 g/mol. The highest BCUT2D eigenvalue weighted by Gasteiger charge is 2.35. The Labute approximate surface area is 107 Å². The summed E-state index contributed by atoms with van der Waals surface area (Å²) in [5.74, 6) is 1.32. The number of nitrogen functional groups attached to an aromatic ring is 1. The van der Waals surface area contributed by atoms with Crippen LogP contribution in [0.5, 0.6) is 0 Å². The number of rotatable bonds is 2. The number of H-pyrrole nitrogens is 1. The molecular weight excluding hydrogens is 256 g/mol. The van der Waals surface area contributed by atoms with Gasteiger partial charge in [-0.2, -0.15) is 4.98 Å². The normalized spacial score (nSPS) is 26.6. The van der Waals surface area contributed by atoms with E-state index in [0.29, 0.717) is 16.6 Å². The van der Waals surface area contributed by atoms with E-state index in [4.69, 9.17) is 15.6 Å². The molecule has 1 unspecified atom stereocenters. The number of thioether (sulfide) groups is 1. The molecule has 3 rings (SSSR count). The molecule has 0 amide bonds. The molecule has 4 N–H and O–H groups in total. The van der Waals surface area contributed by atoms with Gasteiger partial charge in [0.1, 0.15) is 11.1 Å². The minimum Gasteiger partial charge on any atom is -0.394 e. The van der Waals surface area contributed by atoms with Crippen LogP contribution in [0.2, 0.25) is 0 Å². The van der Waals surface area contributed by atoms with Crippen molar-refractivity contribution in [1.82, 2.24) is 9.97 Å². The van der Waals surface area contributed by atoms with Gasteiger partial charge in [0, 0.05) is 0 Å². The lowest BCUT2D eigenvalue weighted by Gasteiger charge is -2.24. The number of aliphatic hydroxyl groups excluding tert-OH is 1. The monoisotopic (exact) mass is 270 g/mol. The Morgan fingerprint density at radius 2 is 2.44 bits per heavy atom. The summed E-state index contributed by atoms with van der Waals surface area (Å²) in [7, 11) is 0. The molecule has 1 aromatic rings. The number of fused-ring (bicyclic) bond motifs is 1. The van der Waals surface area contributed by atoms with Gasteiger partial charge in [-0.15, -0.1) is 0 Å². The number of anilines is 2. The molecule has 2 atom stereocenters. The van der Waals surface area contributed by atoms with Crippen molar-refractivity contribution in [3.63, 3.8) is 0 Å². The van der Waals surface area contributed by atoms with E-state index >= 15 is 0 Å². The van der Waals surface area contributed by atoms with E-state index < -0.39 is 0 Å². The first-order chi connectivity index (χ1) is 8.69. The van der Waals surface area contributed by atoms with Crippen molar-refractivity contribution >= 4 is 23.5 Å². The van der Waals surface area contributed by atoms with Gasteiger partial charge < -0.3 is 20.5 Å². The number of nitrogens with one attached hydrogen (secondary N) is 1. The van der Waals surface area contributed by atoms with Gasteiger partial charge in [0.15, 0.2) is 5.82 Å². The van der Waals surface area contributed by atoms with Gasteiger partial charge in [-0.3, -0.25) is 9.78 Å². The highest BCUT2D eigenvalue weighted by Crippen LogP contribution is 2.38. The lowest BCUT2D eigenvalue weighted by atomic mass is 10.2. The molecule has 8 heteroatoms. The summed E-state index contributed by atoms with van der Waals surface area (Å²) < 4.78 is 5.70. The molecule has 1 fully saturated rings. The standard InChI is InChI=1S/C10H14N4O3S/c11-10-12-8-7(9(16)13-10)18-4-14(8)6-2-1-5(3-15)17-6/h5-6,15H,1-4H2,(H3,11,12,13,16)/t5?,6-/m1/s1. The fraction of sp³-hybridized carbons (Fsp3) is 0.600. The molecule has 0 radical (unpaired) electrons. The second kappa shape index (κ2) is 4.45. The Morgan fingerprint density at radius 1 is 1.61 bits per heavy atom. The fourth-order valence-electron chi connectivity index (χ4n) is 2.26. The van der Waals surface area contributed by atoms with Gasteiger partial charge in [-0.25, -0.2) is 0 Å². The van der Waals surface area contributed by atoms with E-state index in [-0.39, 0.29) is 30.4 Å². The number of nitrogens with two attached hydrogens (primary N) is 1. The van der Waals surface area contributed by atoms with E-state index in [2.05, 4.69) is 9.97 Å². The Kier molecular flexibility index (Phi) is 2.92. The molecule has 7 nitrogen and oxygen atoms in total. The van der Waals surface area contributed by atoms with E-state index in [9.17, 15) is 4.79 Å². The molecule has 0 aliphatic carbocycles. The van der Waals surface area contributed by atoms with Crippen LogP contribution in [0.3, 0.4) is 0 Å². The van der Waals surface area contributed by atoms with E-state index in [1.54, 1.807) is 0 Å². The van der Waals surface area contributed by atoms with Crippen molar-refractivity contribution in [2.75, 3.05) is 23.1 Å². The number of hydrogen-bond donors (Lipinski definition) is 3. The zero-order valence-corrected chi connectivity index (χ0v) is 10.4. The summed E-state index contributed by atoms with van der Waals surface area (Å²) in [6, 6.07) is 0. The summed E-state index contributed by atoms with van der Waals surface area (Å²) in [4.78, 5) is 20.9. The molecule has 0 aromatic carbocycles. The van der Waals surface area contributed by atoms with Crippen LogP contribution in [-0.4, -0.2) is 39.9 Å². The zero-order valence-electron chi connectivity index (χ0n) is 9.63. The molecule has 3 heterocycles. The average Bonchev–Trinajstić information content (AvgIpc) is 2.93. The highest BCUT2D eigenvalue weighted by atomic mass is 32.2. The van der Waals surface area contributed by atoms with Crippen LogP contribution in [0.4, 0.5) is 11.8 Å². The van der Waals surface area contributed by atoms with Crippen LogP contribution in [0, 0.1) is 0 Å². The van der Waals surface area contributed by atoms with Crippen LogP contribution >= 0.6 is 11.8 Å². The largest absolute Gasteiger partial charge is 0.394 e. The molecule has 2 aliphatic rings. The molecule has 0 saturated carbocycles. The van der Waals surface area contributed by atoms with Gasteiger partial charge in [0.2, 0.25) is 5.95 Å². The SMILES string of the molecule is Nc1nc2c(c(=O)[nH]1)SCN2[C@H]1CCC(CO)O1. The third kappa shape index (κ3) is 1.86. The maximum atomic E-state index is 11.7. The predicted octanol–water partition coefficient (Wildman–Crippen LogP) is -0.281. The minimum atomic E-state index is -0.207. The van der Waals surface area contributed by atoms with Gasteiger partial charge in [-0.1, -0.05) is 11.8 Å². The summed E-state index contributed by atoms with van der Waals surface area (Å²) in [5, 5.41) is 9.07. The van der Waals surface area contributed by atoms with Crippen molar-refractivity contribution in [2.24, 2.45) is 0 Å². The van der Waals surface area contributed by atoms with Crippen LogP contribution in [-0.2, 0) is 4.74 Å². The number of hydrogen-bond acceptors (Lipinski definition) is 7. The number of ether oxygens (including phenoxy) is 1. The van der Waals surface area contributed by atoms with Crippen molar-refractivity contribution in [3.8, 4) is 0 Å². The fourth-order valence-corrected chi connectivity index (χ4v) is 3.29. The molecule has 0 bridgehead atoms. The minimum absolute atomic E-state index is 0.0231. The first kappa shape index (κ1) is 11.8. The third-order valence-corrected chi connectivity index (χ3v) is 4.20. The van der Waals surface area contributed by atoms with Gasteiger partial charge in [0.05, 0.1) is 18.6 Å². The van der Waals surface area contributed by atoms with Crippen molar-refractivity contribution < 1.29 is 9.84 Å². The van der Waals surface area contributed by atoms with Crippen LogP contribution in [0.1, 0.15) is 12.8 Å². The first-order valence-corrected chi connectivity index (χ1v) is 6.73. The lowest BCUT2D eigenvalue weighted by molar-refractivity contribution is 0.0120. The maximum absolute atomic E-state index is 11.7. The number of aromatic nitrogens is 2. The Bertz CT molecular complexity index is 520. The maximum Gasteiger partial charge on any atom is 0.268 e. The van der Waals surface area contributed by atoms with E-state index in [1.165, 1.54) is 11.8 Å². The highest BCUT2D eigenvalue weighted by molar-refractivity contribution is 7.99. The quantitative estimate of drug-likeness (QED) is 0.678. The lowest BCUT2D eigenvalue weighted by Crippen LogP contribution is -2.34. The number of aromatic amines is 1. The van der Waals surface area contributed by atoms with Crippen molar-refractivity contribution in [2.45, 2.75) is 30.1 Å². The number of aliphatic hydroxyl groups is 1. The van der Waals surface area contributed by atoms with E-state index in [1.807, 2.05) is 4.90 Å². The third-order valence-electron chi connectivity index (χ3n) is 3.13.